The second-order valence-electron chi connectivity index (χ2n) is 6.73. The predicted molar refractivity (Wildman–Crippen MR) is 77.5 cm³/mol. The summed E-state index contributed by atoms with van der Waals surface area (Å²) < 4.78 is 6.15. The number of carbonyl (C=O) groups is 1. The van der Waals surface area contributed by atoms with Crippen molar-refractivity contribution in [2.45, 2.75) is 32.8 Å². The van der Waals surface area contributed by atoms with E-state index in [4.69, 9.17) is 4.74 Å². The molecule has 1 heterocycles. The van der Waals surface area contributed by atoms with Crippen LogP contribution in [0.4, 0.5) is 0 Å². The first-order valence-electron chi connectivity index (χ1n) is 7.54. The van der Waals surface area contributed by atoms with Crippen LogP contribution in [0.1, 0.15) is 48.7 Å². The number of fused-ring (bicyclic) bond motifs is 2. The average molecular weight is 268 g/mol. The van der Waals surface area contributed by atoms with Crippen LogP contribution in [0.3, 0.4) is 0 Å². The average Bonchev–Trinajstić information content (AvgIpc) is 2.45. The summed E-state index contributed by atoms with van der Waals surface area (Å²) in [5.41, 5.74) is 3.29. The van der Waals surface area contributed by atoms with Crippen molar-refractivity contribution in [3.05, 3.63) is 47.0 Å². The zero-order valence-electron chi connectivity index (χ0n) is 12.1. The standard InChI is InChI=1S/C18H20O2/c1-11-9-12-7-8-20-17-14-6-4-3-5-13(14)16(19)15(10-11)18(12,17)2/h3-6,9,12,15,17H,7-8,10H2,1-2H3/t12-,15+,17+,18+/m1/s1. The Kier molecular flexibility index (Phi) is 2.50. The van der Waals surface area contributed by atoms with Crippen molar-refractivity contribution in [3.63, 3.8) is 0 Å². The Labute approximate surface area is 119 Å². The Balaban J connectivity index is 1.95. The summed E-state index contributed by atoms with van der Waals surface area (Å²) in [6.45, 7) is 5.23. The van der Waals surface area contributed by atoms with Gasteiger partial charge < -0.3 is 4.74 Å². The second kappa shape index (κ2) is 4.05. The maximum absolute atomic E-state index is 13.0. The van der Waals surface area contributed by atoms with E-state index >= 15 is 0 Å². The van der Waals surface area contributed by atoms with Gasteiger partial charge in [-0.25, -0.2) is 0 Å². The van der Waals surface area contributed by atoms with Gasteiger partial charge in [-0.05, 0) is 31.2 Å². The molecule has 0 N–H and O–H groups in total. The number of allylic oxidation sites excluding steroid dienone is 2. The molecule has 2 nitrogen and oxygen atoms in total. The van der Waals surface area contributed by atoms with Gasteiger partial charge in [-0.15, -0.1) is 0 Å². The number of benzene rings is 1. The van der Waals surface area contributed by atoms with Gasteiger partial charge in [0.15, 0.2) is 5.78 Å². The molecule has 1 saturated heterocycles. The van der Waals surface area contributed by atoms with Crippen LogP contribution in [0.15, 0.2) is 35.9 Å². The monoisotopic (exact) mass is 268 g/mol. The summed E-state index contributed by atoms with van der Waals surface area (Å²) in [5.74, 6) is 0.873. The van der Waals surface area contributed by atoms with Gasteiger partial charge >= 0.3 is 0 Å². The van der Waals surface area contributed by atoms with Gasteiger partial charge in [-0.1, -0.05) is 42.8 Å². The number of ether oxygens (including phenoxy) is 1. The fourth-order valence-corrected chi connectivity index (χ4v) is 4.59. The Morgan fingerprint density at radius 3 is 2.95 bits per heavy atom. The number of rotatable bonds is 0. The fourth-order valence-electron chi connectivity index (χ4n) is 4.59. The molecule has 2 heteroatoms. The summed E-state index contributed by atoms with van der Waals surface area (Å²) in [5, 5.41) is 0. The van der Waals surface area contributed by atoms with E-state index in [1.807, 2.05) is 18.2 Å². The van der Waals surface area contributed by atoms with Crippen molar-refractivity contribution < 1.29 is 9.53 Å². The van der Waals surface area contributed by atoms with Crippen molar-refractivity contribution in [2.24, 2.45) is 17.3 Å². The maximum atomic E-state index is 13.0. The molecule has 0 bridgehead atoms. The van der Waals surface area contributed by atoms with Gasteiger partial charge in [0, 0.05) is 23.5 Å². The normalized spacial score (nSPS) is 38.8. The Bertz CT molecular complexity index is 616. The third-order valence-corrected chi connectivity index (χ3v) is 5.67. The first kappa shape index (κ1) is 12.3. The summed E-state index contributed by atoms with van der Waals surface area (Å²) in [6, 6.07) is 8.03. The molecule has 0 saturated carbocycles. The third-order valence-electron chi connectivity index (χ3n) is 5.67. The zero-order chi connectivity index (χ0) is 13.9. The quantitative estimate of drug-likeness (QED) is 0.666. The van der Waals surface area contributed by atoms with Crippen molar-refractivity contribution >= 4 is 5.78 Å². The van der Waals surface area contributed by atoms with Crippen LogP contribution in [-0.2, 0) is 4.74 Å². The van der Waals surface area contributed by atoms with Crippen LogP contribution in [0.5, 0.6) is 0 Å². The molecule has 3 aliphatic rings. The van der Waals surface area contributed by atoms with E-state index in [0.29, 0.717) is 11.7 Å². The molecule has 0 spiro atoms. The van der Waals surface area contributed by atoms with Crippen LogP contribution in [0, 0.1) is 17.3 Å². The lowest BCUT2D eigenvalue weighted by Gasteiger charge is -2.55. The topological polar surface area (TPSA) is 26.3 Å². The predicted octanol–water partition coefficient (Wildman–Crippen LogP) is 3.93. The van der Waals surface area contributed by atoms with Crippen LogP contribution < -0.4 is 0 Å². The number of Topliss-reactive ketones (excluding diaryl/α,β-unsaturated/α-hetero) is 1. The fraction of sp³-hybridized carbons (Fsp3) is 0.500. The van der Waals surface area contributed by atoms with E-state index in [1.165, 1.54) is 5.57 Å². The summed E-state index contributed by atoms with van der Waals surface area (Å²) >= 11 is 0. The van der Waals surface area contributed by atoms with E-state index in [2.05, 4.69) is 26.0 Å². The second-order valence-corrected chi connectivity index (χ2v) is 6.73. The van der Waals surface area contributed by atoms with Gasteiger partial charge in [0.1, 0.15) is 0 Å². The SMILES string of the molecule is CC1=C[C@H]2CCO[C@H]3c4ccccc4C(=O)[C@H](C1)[C@]23C. The summed E-state index contributed by atoms with van der Waals surface area (Å²) in [7, 11) is 0. The molecule has 2 aliphatic carbocycles. The zero-order valence-corrected chi connectivity index (χ0v) is 12.1. The molecule has 4 atom stereocenters. The molecule has 1 aromatic rings. The smallest absolute Gasteiger partial charge is 0.167 e. The van der Waals surface area contributed by atoms with Gasteiger partial charge in [-0.3, -0.25) is 4.79 Å². The minimum Gasteiger partial charge on any atom is -0.373 e. The maximum Gasteiger partial charge on any atom is 0.167 e. The van der Waals surface area contributed by atoms with E-state index in [1.54, 1.807) is 0 Å². The molecule has 4 rings (SSSR count). The minimum absolute atomic E-state index is 0.0663. The van der Waals surface area contributed by atoms with Crippen LogP contribution in [0.2, 0.25) is 0 Å². The van der Waals surface area contributed by atoms with E-state index in [-0.39, 0.29) is 17.4 Å². The first-order chi connectivity index (χ1) is 9.62. The molecule has 1 aliphatic heterocycles. The van der Waals surface area contributed by atoms with E-state index in [0.717, 1.165) is 30.6 Å². The Morgan fingerprint density at radius 1 is 1.30 bits per heavy atom. The number of carbonyl (C=O) groups excluding carboxylic acids is 1. The number of ketones is 1. The molecule has 0 unspecified atom stereocenters. The van der Waals surface area contributed by atoms with Crippen molar-refractivity contribution in [2.75, 3.05) is 6.61 Å². The molecule has 0 radical (unpaired) electrons. The van der Waals surface area contributed by atoms with Crippen molar-refractivity contribution in [1.29, 1.82) is 0 Å². The van der Waals surface area contributed by atoms with Gasteiger partial charge in [0.2, 0.25) is 0 Å². The first-order valence-corrected chi connectivity index (χ1v) is 7.54. The number of hydrogen-bond acceptors (Lipinski definition) is 2. The summed E-state index contributed by atoms with van der Waals surface area (Å²) in [4.78, 5) is 13.0. The Morgan fingerprint density at radius 2 is 2.10 bits per heavy atom. The highest BCUT2D eigenvalue weighted by Gasteiger charge is 2.57. The lowest BCUT2D eigenvalue weighted by atomic mass is 9.52. The van der Waals surface area contributed by atoms with Gasteiger partial charge in [0.05, 0.1) is 6.10 Å². The minimum atomic E-state index is -0.0663. The van der Waals surface area contributed by atoms with Crippen LogP contribution in [-0.4, -0.2) is 12.4 Å². The number of hydrogen-bond donors (Lipinski definition) is 0. The molecule has 104 valence electrons. The highest BCUT2D eigenvalue weighted by Crippen LogP contribution is 2.60. The van der Waals surface area contributed by atoms with E-state index in [9.17, 15) is 4.79 Å². The van der Waals surface area contributed by atoms with Gasteiger partial charge in [-0.2, -0.15) is 0 Å². The highest BCUT2D eigenvalue weighted by atomic mass is 16.5. The lowest BCUT2D eigenvalue weighted by molar-refractivity contribution is -0.130. The van der Waals surface area contributed by atoms with Crippen LogP contribution in [0.25, 0.3) is 0 Å². The van der Waals surface area contributed by atoms with Gasteiger partial charge in [0.25, 0.3) is 0 Å². The molecule has 0 aromatic heterocycles. The highest BCUT2D eigenvalue weighted by molar-refractivity contribution is 6.01. The lowest BCUT2D eigenvalue weighted by Crippen LogP contribution is -2.52. The molecule has 1 aromatic carbocycles. The molecule has 0 amide bonds. The summed E-state index contributed by atoms with van der Waals surface area (Å²) in [6.07, 6.45) is 4.40. The molecular formula is C18H20O2. The molecule has 20 heavy (non-hydrogen) atoms. The van der Waals surface area contributed by atoms with E-state index < -0.39 is 0 Å². The largest absolute Gasteiger partial charge is 0.373 e. The van der Waals surface area contributed by atoms with Crippen LogP contribution >= 0.6 is 0 Å². The molecule has 1 fully saturated rings. The molecular weight excluding hydrogens is 248 g/mol. The van der Waals surface area contributed by atoms with Crippen molar-refractivity contribution in [1.82, 2.24) is 0 Å². The Hall–Kier alpha value is -1.41. The third kappa shape index (κ3) is 1.40. The van der Waals surface area contributed by atoms with Crippen molar-refractivity contribution in [3.8, 4) is 0 Å².